The summed E-state index contributed by atoms with van der Waals surface area (Å²) < 4.78 is 2.23. The Balaban J connectivity index is 1.62. The van der Waals surface area contributed by atoms with E-state index >= 15 is 0 Å². The highest BCUT2D eigenvalue weighted by molar-refractivity contribution is 5.67. The Hall–Kier alpha value is -3.90. The van der Waals surface area contributed by atoms with Crippen LogP contribution in [0.15, 0.2) is 97.2 Å². The maximum absolute atomic E-state index is 12.8. The first kappa shape index (κ1) is 27.7. The molecule has 1 aromatic heterocycles. The molecule has 0 bridgehead atoms. The molecule has 1 aliphatic rings. The van der Waals surface area contributed by atoms with Crippen molar-refractivity contribution in [1.82, 2.24) is 14.5 Å². The van der Waals surface area contributed by atoms with Gasteiger partial charge in [-0.05, 0) is 48.3 Å². The molecule has 0 aliphatic carbocycles. The minimum Gasteiger partial charge on any atom is -0.316 e. The third kappa shape index (κ3) is 5.41. The van der Waals surface area contributed by atoms with Gasteiger partial charge in [0.15, 0.2) is 6.10 Å². The van der Waals surface area contributed by atoms with Crippen LogP contribution in [0.2, 0.25) is 0 Å². The molecular formula is C34H39N3O3. The summed E-state index contributed by atoms with van der Waals surface area (Å²) in [6, 6.07) is 31.5. The van der Waals surface area contributed by atoms with Crippen LogP contribution in [0.4, 0.5) is 4.79 Å². The highest BCUT2D eigenvalue weighted by Crippen LogP contribution is 2.43. The van der Waals surface area contributed by atoms with Gasteiger partial charge in [-0.1, -0.05) is 112 Å². The van der Waals surface area contributed by atoms with Crippen molar-refractivity contribution in [2.75, 3.05) is 13.1 Å². The summed E-state index contributed by atoms with van der Waals surface area (Å²) in [5, 5.41) is 0. The molecule has 208 valence electrons. The lowest BCUT2D eigenvalue weighted by Crippen LogP contribution is -2.38. The molecule has 40 heavy (non-hydrogen) atoms. The summed E-state index contributed by atoms with van der Waals surface area (Å²) in [4.78, 5) is 31.0. The zero-order valence-electron chi connectivity index (χ0n) is 23.9. The predicted molar refractivity (Wildman–Crippen MR) is 157 cm³/mol. The van der Waals surface area contributed by atoms with Gasteiger partial charge in [-0.25, -0.2) is 9.78 Å². The number of benzene rings is 3. The van der Waals surface area contributed by atoms with Crippen molar-refractivity contribution in [2.45, 2.75) is 58.6 Å². The fraction of sp³-hybridized carbons (Fsp3) is 0.353. The number of likely N-dealkylation sites (tertiary alicyclic amines) is 1. The zero-order valence-corrected chi connectivity index (χ0v) is 23.9. The van der Waals surface area contributed by atoms with Gasteiger partial charge in [0, 0.05) is 19.3 Å². The third-order valence-electron chi connectivity index (χ3n) is 7.72. The molecular weight excluding hydrogens is 498 g/mol. The average molecular weight is 538 g/mol. The second-order valence-electron chi connectivity index (χ2n) is 11.6. The lowest BCUT2D eigenvalue weighted by atomic mass is 9.76. The molecule has 2 heterocycles. The minimum absolute atomic E-state index is 0.386. The van der Waals surface area contributed by atoms with Crippen LogP contribution in [0.1, 0.15) is 74.3 Å². The van der Waals surface area contributed by atoms with Gasteiger partial charge in [-0.3, -0.25) is 4.89 Å². The van der Waals surface area contributed by atoms with Gasteiger partial charge in [0.1, 0.15) is 11.4 Å². The maximum atomic E-state index is 12.8. The molecule has 6 nitrogen and oxygen atoms in total. The lowest BCUT2D eigenvalue weighted by molar-refractivity contribution is -0.303. The number of hydrogen-bond donors (Lipinski definition) is 0. The van der Waals surface area contributed by atoms with Crippen LogP contribution in [0.3, 0.4) is 0 Å². The summed E-state index contributed by atoms with van der Waals surface area (Å²) in [6.07, 6.45) is 4.17. The van der Waals surface area contributed by atoms with E-state index in [-0.39, 0.29) is 5.41 Å². The summed E-state index contributed by atoms with van der Waals surface area (Å²) >= 11 is 0. The number of amides is 1. The number of piperidine rings is 1. The van der Waals surface area contributed by atoms with E-state index in [2.05, 4.69) is 104 Å². The second kappa shape index (κ2) is 11.7. The molecule has 1 saturated heterocycles. The molecule has 0 N–H and O–H groups in total. The van der Waals surface area contributed by atoms with E-state index in [0.29, 0.717) is 18.8 Å². The van der Waals surface area contributed by atoms with E-state index in [9.17, 15) is 4.79 Å². The van der Waals surface area contributed by atoms with Gasteiger partial charge in [0.2, 0.25) is 0 Å². The smallest absolute Gasteiger partial charge is 0.316 e. The molecule has 6 heteroatoms. The zero-order chi connectivity index (χ0) is 28.2. The molecule has 1 unspecified atom stereocenters. The second-order valence-corrected chi connectivity index (χ2v) is 11.6. The number of aryl methyl sites for hydroxylation is 1. The SMILES string of the molecule is Cc1nc(C(OOC(=O)N2CCCCC2)C(C)(C)C)cn1C(c1ccccc1)(c1ccccc1)c1ccccc1. The first-order valence-corrected chi connectivity index (χ1v) is 14.2. The normalized spacial score (nSPS) is 15.1. The molecule has 4 aromatic rings. The Labute approximate surface area is 237 Å². The topological polar surface area (TPSA) is 56.6 Å². The molecule has 3 aromatic carbocycles. The Bertz CT molecular complexity index is 1290. The van der Waals surface area contributed by atoms with Crippen molar-refractivity contribution in [1.29, 1.82) is 0 Å². The van der Waals surface area contributed by atoms with Gasteiger partial charge >= 0.3 is 6.09 Å². The van der Waals surface area contributed by atoms with E-state index in [1.165, 1.54) is 0 Å². The Morgan fingerprint density at radius 2 is 1.25 bits per heavy atom. The number of hydrogen-bond acceptors (Lipinski definition) is 4. The van der Waals surface area contributed by atoms with Crippen LogP contribution < -0.4 is 0 Å². The van der Waals surface area contributed by atoms with Gasteiger partial charge in [0.25, 0.3) is 0 Å². The summed E-state index contributed by atoms with van der Waals surface area (Å²) in [5.74, 6) is 0.826. The molecule has 1 aliphatic heterocycles. The van der Waals surface area contributed by atoms with Crippen LogP contribution in [0.25, 0.3) is 0 Å². The van der Waals surface area contributed by atoms with Crippen LogP contribution >= 0.6 is 0 Å². The largest absolute Gasteiger partial charge is 0.441 e. The number of nitrogens with zero attached hydrogens (tertiary/aromatic N) is 3. The van der Waals surface area contributed by atoms with Gasteiger partial charge in [0.05, 0.1) is 5.69 Å². The molecule has 5 rings (SSSR count). The minimum atomic E-state index is -0.688. The van der Waals surface area contributed by atoms with Crippen LogP contribution in [-0.2, 0) is 15.3 Å². The molecule has 0 saturated carbocycles. The Morgan fingerprint density at radius 1 is 0.775 bits per heavy atom. The van der Waals surface area contributed by atoms with Gasteiger partial charge < -0.3 is 9.47 Å². The fourth-order valence-corrected chi connectivity index (χ4v) is 5.77. The molecule has 1 amide bonds. The van der Waals surface area contributed by atoms with E-state index in [1.54, 1.807) is 4.90 Å². The van der Waals surface area contributed by atoms with E-state index in [0.717, 1.165) is 41.8 Å². The van der Waals surface area contributed by atoms with Crippen molar-refractivity contribution < 1.29 is 14.6 Å². The number of aromatic nitrogens is 2. The fourth-order valence-electron chi connectivity index (χ4n) is 5.77. The summed E-state index contributed by atoms with van der Waals surface area (Å²) in [5.41, 5.74) is 2.98. The van der Waals surface area contributed by atoms with Gasteiger partial charge in [-0.15, -0.1) is 0 Å². The Kier molecular flexibility index (Phi) is 8.08. The maximum Gasteiger partial charge on any atom is 0.441 e. The van der Waals surface area contributed by atoms with E-state index in [1.807, 2.05) is 25.1 Å². The number of carbonyl (C=O) groups is 1. The van der Waals surface area contributed by atoms with Crippen LogP contribution in [0, 0.1) is 12.3 Å². The monoisotopic (exact) mass is 537 g/mol. The molecule has 1 fully saturated rings. The highest BCUT2D eigenvalue weighted by atomic mass is 17.2. The van der Waals surface area contributed by atoms with Gasteiger partial charge in [-0.2, -0.15) is 4.89 Å². The van der Waals surface area contributed by atoms with Crippen molar-refractivity contribution in [2.24, 2.45) is 5.41 Å². The molecule has 1 atom stereocenters. The van der Waals surface area contributed by atoms with E-state index < -0.39 is 17.7 Å². The standard InChI is InChI=1S/C34H39N3O3/c1-26-35-30(31(33(2,3)4)39-40-32(38)36-23-15-8-16-24-36)25-37(26)34(27-17-9-5-10-18-27,28-19-11-6-12-20-28)29-21-13-7-14-22-29/h5-7,9-14,17-22,25,31H,8,15-16,23-24H2,1-4H3. The quantitative estimate of drug-likeness (QED) is 0.138. The Morgan fingerprint density at radius 3 is 1.70 bits per heavy atom. The third-order valence-corrected chi connectivity index (χ3v) is 7.72. The van der Waals surface area contributed by atoms with Crippen LogP contribution in [0.5, 0.6) is 0 Å². The highest BCUT2D eigenvalue weighted by Gasteiger charge is 2.41. The number of imidazole rings is 1. The van der Waals surface area contributed by atoms with E-state index in [4.69, 9.17) is 14.8 Å². The number of rotatable bonds is 7. The molecule has 0 spiro atoms. The number of carbonyl (C=O) groups excluding carboxylic acids is 1. The van der Waals surface area contributed by atoms with Crippen molar-refractivity contribution in [3.63, 3.8) is 0 Å². The van der Waals surface area contributed by atoms with Crippen molar-refractivity contribution in [3.05, 3.63) is 125 Å². The summed E-state index contributed by atoms with van der Waals surface area (Å²) in [7, 11) is 0. The molecule has 0 radical (unpaired) electrons. The first-order valence-electron chi connectivity index (χ1n) is 14.2. The van der Waals surface area contributed by atoms with Crippen LogP contribution in [-0.4, -0.2) is 33.6 Å². The van der Waals surface area contributed by atoms with Crippen molar-refractivity contribution >= 4 is 6.09 Å². The average Bonchev–Trinajstić information content (AvgIpc) is 3.36. The van der Waals surface area contributed by atoms with Crippen molar-refractivity contribution in [3.8, 4) is 0 Å². The predicted octanol–water partition coefficient (Wildman–Crippen LogP) is 7.67. The summed E-state index contributed by atoms with van der Waals surface area (Å²) in [6.45, 7) is 9.62. The first-order chi connectivity index (χ1) is 19.3. The lowest BCUT2D eigenvalue weighted by Gasteiger charge is -2.38.